The number of nitrogens with one attached hydrogen (secondary N) is 1. The number of nitrogens with zero attached hydrogens (tertiary/aromatic N) is 2. The number of alkyl halides is 3. The first-order chi connectivity index (χ1) is 14.3. The topological polar surface area (TPSA) is 64.0 Å². The quantitative estimate of drug-likeness (QED) is 0.519. The van der Waals surface area contributed by atoms with Crippen molar-refractivity contribution >= 4 is 27.3 Å². The van der Waals surface area contributed by atoms with Crippen LogP contribution in [0.25, 0.3) is 0 Å². The molecule has 0 atom stereocenters. The molecule has 1 heterocycles. The maximum Gasteiger partial charge on any atom is 0.416 e. The van der Waals surface area contributed by atoms with Crippen LogP contribution in [0.4, 0.5) is 18.9 Å². The molecule has 166 valence electrons. The molecule has 0 saturated carbocycles. The van der Waals surface area contributed by atoms with Crippen molar-refractivity contribution < 1.29 is 21.6 Å². The maximum atomic E-state index is 13.1. The second kappa shape index (κ2) is 8.20. The summed E-state index contributed by atoms with van der Waals surface area (Å²) in [6.07, 6.45) is -3.26. The van der Waals surface area contributed by atoms with Crippen LogP contribution >= 0.6 is 11.6 Å². The fraction of sp³-hybridized carbons (Fsp3) is 0.286. The van der Waals surface area contributed by atoms with E-state index in [0.29, 0.717) is 18.3 Å². The van der Waals surface area contributed by atoms with Crippen molar-refractivity contribution in [1.82, 2.24) is 9.78 Å². The molecule has 2 aromatic carbocycles. The number of halogens is 4. The highest BCUT2D eigenvalue weighted by molar-refractivity contribution is 7.92. The minimum atomic E-state index is -4.64. The van der Waals surface area contributed by atoms with E-state index in [1.807, 2.05) is 30.3 Å². The predicted molar refractivity (Wildman–Crippen MR) is 114 cm³/mol. The molecule has 0 radical (unpaired) electrons. The molecule has 31 heavy (non-hydrogen) atoms. The lowest BCUT2D eigenvalue weighted by atomic mass is 9.92. The Labute approximate surface area is 183 Å². The van der Waals surface area contributed by atoms with Crippen LogP contribution in [0.3, 0.4) is 0 Å². The molecule has 3 rings (SSSR count). The highest BCUT2D eigenvalue weighted by Gasteiger charge is 2.33. The van der Waals surface area contributed by atoms with Crippen LogP contribution in [0.5, 0.6) is 0 Å². The lowest BCUT2D eigenvalue weighted by Crippen LogP contribution is -2.20. The Hall–Kier alpha value is -2.52. The normalized spacial score (nSPS) is 12.7. The molecule has 0 bridgehead atoms. The van der Waals surface area contributed by atoms with Crippen molar-refractivity contribution in [3.05, 3.63) is 76.6 Å². The molecule has 0 aliphatic heterocycles. The average Bonchev–Trinajstić information content (AvgIpc) is 3.09. The van der Waals surface area contributed by atoms with Crippen LogP contribution in [0, 0.1) is 0 Å². The SMILES string of the molecule is CC(C)(C)c1nn(Cc2ccccc2)cc1S(=O)(=O)Nc1cc(C(F)(F)F)ccc1Cl. The van der Waals surface area contributed by atoms with E-state index in [0.717, 1.165) is 17.7 Å². The summed E-state index contributed by atoms with van der Waals surface area (Å²) in [6, 6.07) is 11.8. The number of hydrogen-bond acceptors (Lipinski definition) is 3. The zero-order valence-electron chi connectivity index (χ0n) is 17.0. The first-order valence-corrected chi connectivity index (χ1v) is 11.1. The van der Waals surface area contributed by atoms with Crippen molar-refractivity contribution in [2.24, 2.45) is 0 Å². The summed E-state index contributed by atoms with van der Waals surface area (Å²) >= 11 is 5.97. The van der Waals surface area contributed by atoms with E-state index in [9.17, 15) is 21.6 Å². The highest BCUT2D eigenvalue weighted by Crippen LogP contribution is 2.35. The fourth-order valence-corrected chi connectivity index (χ4v) is 4.60. The third kappa shape index (κ3) is 5.40. The number of sulfonamides is 1. The van der Waals surface area contributed by atoms with Gasteiger partial charge in [0, 0.05) is 11.6 Å². The molecule has 0 amide bonds. The zero-order chi connectivity index (χ0) is 23.0. The van der Waals surface area contributed by atoms with E-state index < -0.39 is 27.2 Å². The number of hydrogen-bond donors (Lipinski definition) is 1. The monoisotopic (exact) mass is 471 g/mol. The van der Waals surface area contributed by atoms with Gasteiger partial charge in [-0.15, -0.1) is 0 Å². The van der Waals surface area contributed by atoms with Crippen molar-refractivity contribution in [2.75, 3.05) is 4.72 Å². The lowest BCUT2D eigenvalue weighted by molar-refractivity contribution is -0.137. The van der Waals surface area contributed by atoms with E-state index in [2.05, 4.69) is 9.82 Å². The minimum Gasteiger partial charge on any atom is -0.278 e. The summed E-state index contributed by atoms with van der Waals surface area (Å²) in [5.74, 6) is 0. The van der Waals surface area contributed by atoms with Crippen molar-refractivity contribution in [2.45, 2.75) is 43.8 Å². The van der Waals surface area contributed by atoms with Gasteiger partial charge in [-0.3, -0.25) is 9.40 Å². The summed E-state index contributed by atoms with van der Waals surface area (Å²) < 4.78 is 69.1. The Balaban J connectivity index is 2.02. The molecule has 3 aromatic rings. The first-order valence-electron chi connectivity index (χ1n) is 9.29. The van der Waals surface area contributed by atoms with Crippen LogP contribution in [0.2, 0.25) is 5.02 Å². The molecule has 0 fully saturated rings. The van der Waals surface area contributed by atoms with Crippen molar-refractivity contribution in [3.8, 4) is 0 Å². The van der Waals surface area contributed by atoms with Gasteiger partial charge in [0.1, 0.15) is 4.90 Å². The number of benzene rings is 2. The Morgan fingerprint density at radius 1 is 1.06 bits per heavy atom. The lowest BCUT2D eigenvalue weighted by Gasteiger charge is -2.18. The minimum absolute atomic E-state index is 0.121. The Morgan fingerprint density at radius 2 is 1.71 bits per heavy atom. The van der Waals surface area contributed by atoms with Gasteiger partial charge in [0.15, 0.2) is 0 Å². The number of rotatable bonds is 5. The maximum absolute atomic E-state index is 13.1. The largest absolute Gasteiger partial charge is 0.416 e. The van der Waals surface area contributed by atoms with E-state index in [1.54, 1.807) is 20.8 Å². The molecule has 0 unspecified atom stereocenters. The fourth-order valence-electron chi connectivity index (χ4n) is 2.95. The van der Waals surface area contributed by atoms with Crippen LogP contribution in [0.15, 0.2) is 59.6 Å². The third-order valence-electron chi connectivity index (χ3n) is 4.45. The summed E-state index contributed by atoms with van der Waals surface area (Å²) in [4.78, 5) is -0.121. The van der Waals surface area contributed by atoms with E-state index in [1.165, 1.54) is 10.9 Å². The van der Waals surface area contributed by atoms with Crippen LogP contribution in [-0.4, -0.2) is 18.2 Å². The third-order valence-corrected chi connectivity index (χ3v) is 6.15. The molecule has 5 nitrogen and oxygen atoms in total. The molecule has 10 heteroatoms. The molecule has 1 N–H and O–H groups in total. The van der Waals surface area contributed by atoms with Crippen LogP contribution < -0.4 is 4.72 Å². The van der Waals surface area contributed by atoms with Gasteiger partial charge in [0.05, 0.1) is 28.5 Å². The second-order valence-corrected chi connectivity index (χ2v) is 10.1. The predicted octanol–water partition coefficient (Wildman–Crippen LogP) is 5.70. The molecule has 0 aliphatic rings. The highest BCUT2D eigenvalue weighted by atomic mass is 35.5. The van der Waals surface area contributed by atoms with Crippen LogP contribution in [-0.2, 0) is 28.2 Å². The Morgan fingerprint density at radius 3 is 2.29 bits per heavy atom. The smallest absolute Gasteiger partial charge is 0.278 e. The van der Waals surface area contributed by atoms with E-state index in [4.69, 9.17) is 11.6 Å². The molecular weight excluding hydrogens is 451 g/mol. The summed E-state index contributed by atoms with van der Waals surface area (Å²) in [6.45, 7) is 5.75. The van der Waals surface area contributed by atoms with Gasteiger partial charge >= 0.3 is 6.18 Å². The van der Waals surface area contributed by atoms with Crippen molar-refractivity contribution in [1.29, 1.82) is 0 Å². The Kier molecular flexibility index (Phi) is 6.12. The van der Waals surface area contributed by atoms with Gasteiger partial charge in [-0.05, 0) is 23.8 Å². The van der Waals surface area contributed by atoms with Gasteiger partial charge in [0.2, 0.25) is 0 Å². The molecule has 0 spiro atoms. The molecule has 0 aliphatic carbocycles. The Bertz CT molecular complexity index is 1180. The van der Waals surface area contributed by atoms with Gasteiger partial charge in [0.25, 0.3) is 10.0 Å². The molecule has 1 aromatic heterocycles. The standard InChI is InChI=1S/C21H21ClF3N3O2S/c1-20(2,3)19-18(13-28(26-19)12-14-7-5-4-6-8-14)31(29,30)27-17-11-15(21(23,24)25)9-10-16(17)22/h4-11,13,27H,12H2,1-3H3. The second-order valence-electron chi connectivity index (χ2n) is 8.07. The first kappa shape index (κ1) is 23.1. The van der Waals surface area contributed by atoms with Gasteiger partial charge in [-0.2, -0.15) is 18.3 Å². The van der Waals surface area contributed by atoms with Crippen LogP contribution in [0.1, 0.15) is 37.6 Å². The zero-order valence-corrected chi connectivity index (χ0v) is 18.6. The number of anilines is 1. The van der Waals surface area contributed by atoms with Gasteiger partial charge < -0.3 is 0 Å². The van der Waals surface area contributed by atoms with Gasteiger partial charge in [-0.25, -0.2) is 8.42 Å². The summed E-state index contributed by atoms with van der Waals surface area (Å²) in [7, 11) is -4.27. The summed E-state index contributed by atoms with van der Waals surface area (Å²) in [5, 5.41) is 4.30. The van der Waals surface area contributed by atoms with E-state index in [-0.39, 0.29) is 15.6 Å². The van der Waals surface area contributed by atoms with Crippen molar-refractivity contribution in [3.63, 3.8) is 0 Å². The molecule has 0 saturated heterocycles. The van der Waals surface area contributed by atoms with E-state index >= 15 is 0 Å². The molecular formula is C21H21ClF3N3O2S. The van der Waals surface area contributed by atoms with Gasteiger partial charge in [-0.1, -0.05) is 62.7 Å². The summed E-state index contributed by atoms with van der Waals surface area (Å²) in [5.41, 5.74) is -0.788. The average molecular weight is 472 g/mol. The number of aromatic nitrogens is 2.